The Labute approximate surface area is 141 Å². The molecule has 3 rings (SSSR count). The number of nitro groups is 1. The lowest BCUT2D eigenvalue weighted by atomic mass is 10.3. The van der Waals surface area contributed by atoms with Crippen LogP contribution in [0.5, 0.6) is 5.88 Å². The second kappa shape index (κ2) is 6.12. The molecule has 0 atom stereocenters. The van der Waals surface area contributed by atoms with Gasteiger partial charge in [-0.05, 0) is 17.5 Å². The Morgan fingerprint density at radius 3 is 2.64 bits per heavy atom. The highest BCUT2D eigenvalue weighted by atomic mass is 32.1. The van der Waals surface area contributed by atoms with Crippen LogP contribution in [0.25, 0.3) is 16.5 Å². The SMILES string of the molecule is COc1nn(-c2nc(-c3cccs3)cc(C(F)(F)F)n2)cc1[N+](=O)[O-]. The number of hydrogen-bond donors (Lipinski definition) is 0. The standard InChI is InChI=1S/C13H8F3N5O3S/c1-24-11-8(21(22)23)6-20(19-11)12-17-7(9-3-2-4-25-9)5-10(18-12)13(14,15)16/h2-6H,1H3. The van der Waals surface area contributed by atoms with Crippen LogP contribution in [-0.4, -0.2) is 31.8 Å². The maximum absolute atomic E-state index is 13.1. The monoisotopic (exact) mass is 371 g/mol. The number of halogens is 3. The molecule has 0 radical (unpaired) electrons. The van der Waals surface area contributed by atoms with Crippen molar-refractivity contribution in [2.24, 2.45) is 0 Å². The van der Waals surface area contributed by atoms with E-state index in [0.717, 1.165) is 24.1 Å². The number of hydrogen-bond acceptors (Lipinski definition) is 7. The summed E-state index contributed by atoms with van der Waals surface area (Å²) >= 11 is 1.20. The third-order valence-electron chi connectivity index (χ3n) is 3.04. The quantitative estimate of drug-likeness (QED) is 0.516. The highest BCUT2D eigenvalue weighted by molar-refractivity contribution is 7.13. The first kappa shape index (κ1) is 16.8. The van der Waals surface area contributed by atoms with Crippen LogP contribution in [0.15, 0.2) is 29.8 Å². The maximum atomic E-state index is 13.1. The van der Waals surface area contributed by atoms with Crippen molar-refractivity contribution in [2.45, 2.75) is 6.18 Å². The van der Waals surface area contributed by atoms with Gasteiger partial charge in [0.1, 0.15) is 6.20 Å². The van der Waals surface area contributed by atoms with E-state index in [0.29, 0.717) is 4.88 Å². The fourth-order valence-corrected chi connectivity index (χ4v) is 2.64. The zero-order valence-electron chi connectivity index (χ0n) is 12.4. The number of nitrogens with zero attached hydrogens (tertiary/aromatic N) is 5. The van der Waals surface area contributed by atoms with Gasteiger partial charge in [0.05, 0.1) is 22.6 Å². The van der Waals surface area contributed by atoms with Crippen LogP contribution in [0.1, 0.15) is 5.69 Å². The number of thiophene rings is 1. The maximum Gasteiger partial charge on any atom is 0.433 e. The van der Waals surface area contributed by atoms with Crippen LogP contribution in [0, 0.1) is 10.1 Å². The molecule has 0 saturated carbocycles. The number of methoxy groups -OCH3 is 1. The largest absolute Gasteiger partial charge is 0.475 e. The molecular weight excluding hydrogens is 363 g/mol. The van der Waals surface area contributed by atoms with Gasteiger partial charge in [0.2, 0.25) is 0 Å². The molecule has 0 aliphatic carbocycles. The summed E-state index contributed by atoms with van der Waals surface area (Å²) in [4.78, 5) is 18.1. The average Bonchev–Trinajstić information content (AvgIpc) is 3.23. The third-order valence-corrected chi connectivity index (χ3v) is 3.93. The van der Waals surface area contributed by atoms with E-state index in [-0.39, 0.29) is 11.6 Å². The van der Waals surface area contributed by atoms with Crippen molar-refractivity contribution < 1.29 is 22.8 Å². The first-order valence-electron chi connectivity index (χ1n) is 6.58. The Hall–Kier alpha value is -3.02. The molecule has 25 heavy (non-hydrogen) atoms. The number of rotatable bonds is 4. The normalized spacial score (nSPS) is 11.5. The molecule has 0 aliphatic heterocycles. The minimum absolute atomic E-state index is 0.0319. The molecule has 130 valence electrons. The van der Waals surface area contributed by atoms with Gasteiger partial charge in [-0.1, -0.05) is 6.07 Å². The Morgan fingerprint density at radius 1 is 1.36 bits per heavy atom. The molecule has 3 heterocycles. The van der Waals surface area contributed by atoms with E-state index < -0.39 is 28.4 Å². The van der Waals surface area contributed by atoms with Gasteiger partial charge in [-0.15, -0.1) is 16.4 Å². The summed E-state index contributed by atoms with van der Waals surface area (Å²) in [6.45, 7) is 0. The molecule has 0 spiro atoms. The van der Waals surface area contributed by atoms with Gasteiger partial charge >= 0.3 is 17.7 Å². The molecule has 12 heteroatoms. The summed E-state index contributed by atoms with van der Waals surface area (Å²) in [5.74, 6) is -0.812. The van der Waals surface area contributed by atoms with Gasteiger partial charge in [-0.2, -0.15) is 17.9 Å². The summed E-state index contributed by atoms with van der Waals surface area (Å²) in [7, 11) is 1.16. The van der Waals surface area contributed by atoms with E-state index in [1.807, 2.05) is 0 Å². The van der Waals surface area contributed by atoms with E-state index in [2.05, 4.69) is 15.1 Å². The Kier molecular flexibility index (Phi) is 4.12. The second-order valence-electron chi connectivity index (χ2n) is 4.64. The van der Waals surface area contributed by atoms with Crippen molar-refractivity contribution in [3.63, 3.8) is 0 Å². The molecule has 0 aliphatic rings. The Bertz CT molecular complexity index is 924. The minimum Gasteiger partial charge on any atom is -0.475 e. The fraction of sp³-hybridized carbons (Fsp3) is 0.154. The first-order chi connectivity index (χ1) is 11.8. The van der Waals surface area contributed by atoms with Gasteiger partial charge in [0.15, 0.2) is 5.69 Å². The zero-order chi connectivity index (χ0) is 18.2. The lowest BCUT2D eigenvalue weighted by Gasteiger charge is -2.09. The highest BCUT2D eigenvalue weighted by Gasteiger charge is 2.34. The molecule has 0 saturated heterocycles. The molecule has 0 amide bonds. The molecule has 0 bridgehead atoms. The van der Waals surface area contributed by atoms with E-state index in [1.165, 1.54) is 11.3 Å². The number of ether oxygens (including phenoxy) is 1. The topological polar surface area (TPSA) is 96.0 Å². The van der Waals surface area contributed by atoms with E-state index in [1.54, 1.807) is 17.5 Å². The van der Waals surface area contributed by atoms with Crippen LogP contribution in [-0.2, 0) is 6.18 Å². The Morgan fingerprint density at radius 2 is 2.12 bits per heavy atom. The van der Waals surface area contributed by atoms with Gasteiger partial charge in [-0.25, -0.2) is 9.97 Å². The molecule has 3 aromatic heterocycles. The van der Waals surface area contributed by atoms with Crippen molar-refractivity contribution in [1.29, 1.82) is 0 Å². The second-order valence-corrected chi connectivity index (χ2v) is 5.59. The third kappa shape index (κ3) is 3.28. The van der Waals surface area contributed by atoms with Crippen LogP contribution >= 0.6 is 11.3 Å². The van der Waals surface area contributed by atoms with Crippen molar-refractivity contribution in [3.05, 3.63) is 45.6 Å². The van der Waals surface area contributed by atoms with Crippen LogP contribution < -0.4 is 4.74 Å². The average molecular weight is 371 g/mol. The Balaban J connectivity index is 2.19. The molecule has 0 aromatic carbocycles. The van der Waals surface area contributed by atoms with Crippen molar-refractivity contribution >= 4 is 17.0 Å². The number of alkyl halides is 3. The highest BCUT2D eigenvalue weighted by Crippen LogP contribution is 2.33. The van der Waals surface area contributed by atoms with Crippen LogP contribution in [0.3, 0.4) is 0 Å². The van der Waals surface area contributed by atoms with Crippen LogP contribution in [0.4, 0.5) is 18.9 Å². The van der Waals surface area contributed by atoms with Crippen molar-refractivity contribution in [3.8, 4) is 22.4 Å². The number of aromatic nitrogens is 4. The summed E-state index contributed by atoms with van der Waals surface area (Å²) in [5, 5.41) is 16.4. The zero-order valence-corrected chi connectivity index (χ0v) is 13.2. The van der Waals surface area contributed by atoms with Crippen LogP contribution in [0.2, 0.25) is 0 Å². The summed E-state index contributed by atoms with van der Waals surface area (Å²) in [6, 6.07) is 4.07. The van der Waals surface area contributed by atoms with Gasteiger partial charge < -0.3 is 4.74 Å². The fourth-order valence-electron chi connectivity index (χ4n) is 1.95. The van der Waals surface area contributed by atoms with Gasteiger partial charge in [0.25, 0.3) is 5.95 Å². The van der Waals surface area contributed by atoms with E-state index >= 15 is 0 Å². The minimum atomic E-state index is -4.72. The molecule has 0 N–H and O–H groups in total. The van der Waals surface area contributed by atoms with Gasteiger partial charge in [-0.3, -0.25) is 10.1 Å². The van der Waals surface area contributed by atoms with Crippen molar-refractivity contribution in [2.75, 3.05) is 7.11 Å². The predicted molar refractivity (Wildman–Crippen MR) is 80.7 cm³/mol. The molecule has 0 unspecified atom stereocenters. The lowest BCUT2D eigenvalue weighted by Crippen LogP contribution is -2.13. The molecular formula is C13H8F3N5O3S. The van der Waals surface area contributed by atoms with E-state index in [4.69, 9.17) is 4.74 Å². The molecule has 8 nitrogen and oxygen atoms in total. The molecule has 3 aromatic rings. The lowest BCUT2D eigenvalue weighted by molar-refractivity contribution is -0.385. The summed E-state index contributed by atoms with van der Waals surface area (Å²) < 4.78 is 44.9. The van der Waals surface area contributed by atoms with Crippen molar-refractivity contribution in [1.82, 2.24) is 19.7 Å². The predicted octanol–water partition coefficient (Wildman–Crippen LogP) is 3.33. The first-order valence-corrected chi connectivity index (χ1v) is 7.46. The molecule has 0 fully saturated rings. The summed E-state index contributed by atoms with van der Waals surface area (Å²) in [6.07, 6.45) is -3.82. The van der Waals surface area contributed by atoms with E-state index in [9.17, 15) is 23.3 Å². The summed E-state index contributed by atoms with van der Waals surface area (Å²) in [5.41, 5.74) is -1.66. The smallest absolute Gasteiger partial charge is 0.433 e. The van der Waals surface area contributed by atoms with Gasteiger partial charge in [0, 0.05) is 0 Å².